The molecule has 0 amide bonds. The van der Waals surface area contributed by atoms with Crippen molar-refractivity contribution in [1.82, 2.24) is 14.8 Å². The first-order chi connectivity index (χ1) is 8.84. The summed E-state index contributed by atoms with van der Waals surface area (Å²) in [6.45, 7) is 8.46. The van der Waals surface area contributed by atoms with Gasteiger partial charge in [0.25, 0.3) is 0 Å². The summed E-state index contributed by atoms with van der Waals surface area (Å²) < 4.78 is 3.17. The molecule has 0 fully saturated rings. The number of nitrogens with zero attached hydrogens (tertiary/aromatic N) is 3. The van der Waals surface area contributed by atoms with Crippen molar-refractivity contribution in [2.75, 3.05) is 0 Å². The van der Waals surface area contributed by atoms with Crippen molar-refractivity contribution in [2.24, 2.45) is 0 Å². The summed E-state index contributed by atoms with van der Waals surface area (Å²) >= 11 is 9.45. The van der Waals surface area contributed by atoms with Crippen LogP contribution in [0.1, 0.15) is 32.2 Å². The van der Waals surface area contributed by atoms with E-state index in [1.165, 1.54) is 0 Å². The maximum absolute atomic E-state index is 5.97. The van der Waals surface area contributed by atoms with Gasteiger partial charge in [0.1, 0.15) is 5.82 Å². The largest absolute Gasteiger partial charge is 0.305 e. The molecule has 19 heavy (non-hydrogen) atoms. The van der Waals surface area contributed by atoms with E-state index in [4.69, 9.17) is 11.6 Å². The van der Waals surface area contributed by atoms with E-state index in [0.29, 0.717) is 5.88 Å². The fraction of sp³-hybridized carbons (Fsp3) is 0.429. The summed E-state index contributed by atoms with van der Waals surface area (Å²) in [5.41, 5.74) is 2.14. The average Bonchev–Trinajstić information content (AvgIpc) is 2.72. The quantitative estimate of drug-likeness (QED) is 0.752. The van der Waals surface area contributed by atoms with Crippen molar-refractivity contribution < 1.29 is 0 Å². The molecule has 1 aromatic heterocycles. The molecule has 0 saturated heterocycles. The van der Waals surface area contributed by atoms with Crippen LogP contribution in [-0.4, -0.2) is 14.8 Å². The molecule has 3 nitrogen and oxygen atoms in total. The average molecular weight is 343 g/mol. The molecule has 0 aliphatic heterocycles. The van der Waals surface area contributed by atoms with Crippen molar-refractivity contribution in [3.8, 4) is 11.4 Å². The van der Waals surface area contributed by atoms with Gasteiger partial charge in [-0.2, -0.15) is 0 Å². The molecule has 2 rings (SSSR count). The molecule has 0 bridgehead atoms. The van der Waals surface area contributed by atoms with Crippen molar-refractivity contribution in [3.05, 3.63) is 34.1 Å². The van der Waals surface area contributed by atoms with E-state index in [-0.39, 0.29) is 5.54 Å². The molecule has 0 radical (unpaired) electrons. The predicted molar refractivity (Wildman–Crippen MR) is 82.4 cm³/mol. The molecule has 0 atom stereocenters. The van der Waals surface area contributed by atoms with Gasteiger partial charge in [0.2, 0.25) is 0 Å². The van der Waals surface area contributed by atoms with Gasteiger partial charge in [-0.05, 0) is 51.5 Å². The number of rotatable bonds is 2. The molecule has 0 spiro atoms. The lowest BCUT2D eigenvalue weighted by molar-refractivity contribution is 0.390. The zero-order valence-corrected chi connectivity index (χ0v) is 13.9. The second-order valence-electron chi connectivity index (χ2n) is 5.54. The number of aromatic nitrogens is 3. The van der Waals surface area contributed by atoms with E-state index in [1.54, 1.807) is 0 Å². The van der Waals surface area contributed by atoms with E-state index in [0.717, 1.165) is 27.2 Å². The highest BCUT2D eigenvalue weighted by Gasteiger charge is 2.24. The van der Waals surface area contributed by atoms with Gasteiger partial charge in [-0.3, -0.25) is 0 Å². The standard InChI is InChI=1S/C14H17BrClN3/c1-9-7-10(15)5-6-11(9)13-18-17-12(8-16)19(13)14(2,3)4/h5-7H,8H2,1-4H3. The fourth-order valence-corrected chi connectivity index (χ4v) is 2.81. The molecule has 102 valence electrons. The Kier molecular flexibility index (Phi) is 4.02. The van der Waals surface area contributed by atoms with E-state index in [9.17, 15) is 0 Å². The summed E-state index contributed by atoms with van der Waals surface area (Å²) in [4.78, 5) is 0. The number of hydrogen-bond acceptors (Lipinski definition) is 2. The topological polar surface area (TPSA) is 30.7 Å². The number of benzene rings is 1. The van der Waals surface area contributed by atoms with E-state index < -0.39 is 0 Å². The van der Waals surface area contributed by atoms with Gasteiger partial charge < -0.3 is 4.57 Å². The second kappa shape index (κ2) is 5.25. The van der Waals surface area contributed by atoms with Crippen LogP contribution in [0.5, 0.6) is 0 Å². The third-order valence-corrected chi connectivity index (χ3v) is 3.68. The third kappa shape index (κ3) is 2.84. The summed E-state index contributed by atoms with van der Waals surface area (Å²) in [6.07, 6.45) is 0. The highest BCUT2D eigenvalue weighted by atomic mass is 79.9. The van der Waals surface area contributed by atoms with Gasteiger partial charge in [0, 0.05) is 15.6 Å². The maximum Gasteiger partial charge on any atom is 0.164 e. The molecule has 0 aliphatic carbocycles. The summed E-state index contributed by atoms with van der Waals surface area (Å²) in [5.74, 6) is 2.03. The lowest BCUT2D eigenvalue weighted by Crippen LogP contribution is -2.25. The van der Waals surface area contributed by atoms with Gasteiger partial charge in [-0.25, -0.2) is 0 Å². The monoisotopic (exact) mass is 341 g/mol. The normalized spacial score (nSPS) is 11.9. The first-order valence-corrected chi connectivity index (χ1v) is 7.44. The van der Waals surface area contributed by atoms with Crippen molar-refractivity contribution in [2.45, 2.75) is 39.1 Å². The Balaban J connectivity index is 2.66. The highest BCUT2D eigenvalue weighted by molar-refractivity contribution is 9.10. The first-order valence-electron chi connectivity index (χ1n) is 6.12. The van der Waals surface area contributed by atoms with Gasteiger partial charge in [-0.15, -0.1) is 21.8 Å². The van der Waals surface area contributed by atoms with Gasteiger partial charge in [-0.1, -0.05) is 15.9 Å². The highest BCUT2D eigenvalue weighted by Crippen LogP contribution is 2.30. The summed E-state index contributed by atoms with van der Waals surface area (Å²) in [7, 11) is 0. The number of halogens is 2. The lowest BCUT2D eigenvalue weighted by Gasteiger charge is -2.25. The third-order valence-electron chi connectivity index (χ3n) is 2.95. The summed E-state index contributed by atoms with van der Waals surface area (Å²) in [6, 6.07) is 6.16. The zero-order valence-electron chi connectivity index (χ0n) is 11.5. The Morgan fingerprint density at radius 2 is 1.95 bits per heavy atom. The number of hydrogen-bond donors (Lipinski definition) is 0. The van der Waals surface area contributed by atoms with Crippen molar-refractivity contribution in [1.29, 1.82) is 0 Å². The van der Waals surface area contributed by atoms with Crippen LogP contribution in [0.25, 0.3) is 11.4 Å². The van der Waals surface area contributed by atoms with Crippen LogP contribution in [0.3, 0.4) is 0 Å². The molecule has 1 heterocycles. The van der Waals surface area contributed by atoms with Crippen LogP contribution in [0, 0.1) is 6.92 Å². The molecule has 1 aromatic carbocycles. The minimum atomic E-state index is -0.109. The zero-order chi connectivity index (χ0) is 14.2. The first kappa shape index (κ1) is 14.5. The van der Waals surface area contributed by atoms with Crippen LogP contribution in [0.15, 0.2) is 22.7 Å². The molecule has 5 heteroatoms. The van der Waals surface area contributed by atoms with E-state index in [2.05, 4.69) is 70.5 Å². The molecule has 2 aromatic rings. The van der Waals surface area contributed by atoms with Gasteiger partial charge in [0.05, 0.1) is 5.88 Å². The Labute approximate surface area is 127 Å². The lowest BCUT2D eigenvalue weighted by atomic mass is 10.0. The predicted octanol–water partition coefficient (Wildman–Crippen LogP) is 4.51. The molecule has 0 saturated carbocycles. The maximum atomic E-state index is 5.97. The Hall–Kier alpha value is -0.870. The SMILES string of the molecule is Cc1cc(Br)ccc1-c1nnc(CCl)n1C(C)(C)C. The van der Waals surface area contributed by atoms with E-state index in [1.807, 2.05) is 6.07 Å². The molecule has 0 unspecified atom stereocenters. The minimum absolute atomic E-state index is 0.109. The van der Waals surface area contributed by atoms with Crippen LogP contribution >= 0.6 is 27.5 Å². The van der Waals surface area contributed by atoms with E-state index >= 15 is 0 Å². The second-order valence-corrected chi connectivity index (χ2v) is 6.72. The Morgan fingerprint density at radius 3 is 2.47 bits per heavy atom. The van der Waals surface area contributed by atoms with Gasteiger partial charge in [0.15, 0.2) is 5.82 Å². The Morgan fingerprint density at radius 1 is 1.26 bits per heavy atom. The fourth-order valence-electron chi connectivity index (χ4n) is 2.16. The minimum Gasteiger partial charge on any atom is -0.305 e. The van der Waals surface area contributed by atoms with Gasteiger partial charge >= 0.3 is 0 Å². The van der Waals surface area contributed by atoms with Crippen LogP contribution in [-0.2, 0) is 11.4 Å². The number of alkyl halides is 1. The summed E-state index contributed by atoms with van der Waals surface area (Å²) in [5, 5.41) is 8.54. The van der Waals surface area contributed by atoms with Crippen LogP contribution < -0.4 is 0 Å². The number of aryl methyl sites for hydroxylation is 1. The molecule has 0 aliphatic rings. The smallest absolute Gasteiger partial charge is 0.164 e. The Bertz CT molecular complexity index is 599. The van der Waals surface area contributed by atoms with Crippen LogP contribution in [0.4, 0.5) is 0 Å². The van der Waals surface area contributed by atoms with Crippen LogP contribution in [0.2, 0.25) is 0 Å². The molecular weight excluding hydrogens is 326 g/mol. The van der Waals surface area contributed by atoms with Crippen molar-refractivity contribution >= 4 is 27.5 Å². The molecular formula is C14H17BrClN3. The van der Waals surface area contributed by atoms with Crippen molar-refractivity contribution in [3.63, 3.8) is 0 Å². The molecule has 0 N–H and O–H groups in total.